The van der Waals surface area contributed by atoms with Gasteiger partial charge in [-0.1, -0.05) is 0 Å². The maximum absolute atomic E-state index is 12.0. The predicted octanol–water partition coefficient (Wildman–Crippen LogP) is 4.50. The number of esters is 4. The van der Waals surface area contributed by atoms with Crippen LogP contribution in [0, 0.1) is 0 Å². The first-order valence-corrected chi connectivity index (χ1v) is 10.3. The lowest BCUT2D eigenvalue weighted by atomic mass is 10.1. The molecule has 0 spiro atoms. The fraction of sp³-hybridized carbons (Fsp3) is 0.360. The van der Waals surface area contributed by atoms with Crippen LogP contribution < -0.4 is 9.47 Å². The second-order valence-electron chi connectivity index (χ2n) is 9.18. The Morgan fingerprint density at radius 3 is 1.15 bits per heavy atom. The Morgan fingerprint density at radius 2 is 0.879 bits per heavy atom. The van der Waals surface area contributed by atoms with Crippen molar-refractivity contribution in [3.63, 3.8) is 0 Å². The molecular formula is C25H28O8. The predicted molar refractivity (Wildman–Crippen MR) is 119 cm³/mol. The highest BCUT2D eigenvalue weighted by atomic mass is 16.6. The second-order valence-corrected chi connectivity index (χ2v) is 9.18. The lowest BCUT2D eigenvalue weighted by molar-refractivity contribution is -0.144. The van der Waals surface area contributed by atoms with E-state index in [0.29, 0.717) is 11.1 Å². The average molecular weight is 456 g/mol. The van der Waals surface area contributed by atoms with Crippen molar-refractivity contribution in [2.45, 2.75) is 59.2 Å². The van der Waals surface area contributed by atoms with Crippen LogP contribution >= 0.6 is 0 Å². The summed E-state index contributed by atoms with van der Waals surface area (Å²) in [6.07, 6.45) is -0.623. The molecule has 0 aromatic heterocycles. The van der Waals surface area contributed by atoms with Crippen LogP contribution in [-0.2, 0) is 19.1 Å². The molecule has 0 saturated heterocycles. The highest BCUT2D eigenvalue weighted by molar-refractivity contribution is 5.94. The number of carbonyl (C=O) groups excluding carboxylic acids is 4. The minimum atomic E-state index is -0.824. The second kappa shape index (κ2) is 10.3. The highest BCUT2D eigenvalue weighted by Crippen LogP contribution is 2.18. The van der Waals surface area contributed by atoms with E-state index in [1.807, 2.05) is 0 Å². The van der Waals surface area contributed by atoms with Crippen LogP contribution in [0.15, 0.2) is 48.5 Å². The molecule has 8 nitrogen and oxygen atoms in total. The molecule has 0 atom stereocenters. The first-order valence-electron chi connectivity index (χ1n) is 10.3. The maximum Gasteiger partial charge on any atom is 0.338 e. The Kier molecular flexibility index (Phi) is 7.98. The summed E-state index contributed by atoms with van der Waals surface area (Å²) < 4.78 is 20.7. The molecule has 0 saturated carbocycles. The van der Waals surface area contributed by atoms with Crippen molar-refractivity contribution in [2.75, 3.05) is 0 Å². The highest BCUT2D eigenvalue weighted by Gasteiger charge is 2.20. The first-order chi connectivity index (χ1) is 15.2. The Labute approximate surface area is 192 Å². The van der Waals surface area contributed by atoms with E-state index in [1.54, 1.807) is 41.5 Å². The van der Waals surface area contributed by atoms with Crippen molar-refractivity contribution in [1.82, 2.24) is 0 Å². The van der Waals surface area contributed by atoms with Crippen LogP contribution in [0.5, 0.6) is 11.5 Å². The van der Waals surface area contributed by atoms with E-state index in [9.17, 15) is 19.2 Å². The maximum atomic E-state index is 12.0. The lowest BCUT2D eigenvalue weighted by Crippen LogP contribution is -2.23. The standard InChI is InChI=1S/C25H28O8/c1-24(2,3)32-22(28)16-7-11-18(12-8-16)30-20(26)15-21(27)31-19-13-9-17(10-14-19)23(29)33-25(4,5)6/h7-14H,15H2,1-6H3. The molecule has 0 heterocycles. The fourth-order valence-corrected chi connectivity index (χ4v) is 2.45. The van der Waals surface area contributed by atoms with E-state index in [2.05, 4.69) is 0 Å². The summed E-state index contributed by atoms with van der Waals surface area (Å²) >= 11 is 0. The van der Waals surface area contributed by atoms with Crippen LogP contribution in [0.4, 0.5) is 0 Å². The molecule has 2 rings (SSSR count). The summed E-state index contributed by atoms with van der Waals surface area (Å²) in [6.45, 7) is 10.6. The quantitative estimate of drug-likeness (QED) is 0.355. The van der Waals surface area contributed by atoms with E-state index in [4.69, 9.17) is 18.9 Å². The lowest BCUT2D eigenvalue weighted by Gasteiger charge is -2.19. The van der Waals surface area contributed by atoms with Crippen molar-refractivity contribution >= 4 is 23.9 Å². The van der Waals surface area contributed by atoms with Gasteiger partial charge in [0.15, 0.2) is 0 Å². The zero-order valence-corrected chi connectivity index (χ0v) is 19.6. The molecule has 0 radical (unpaired) electrons. The molecule has 0 aliphatic rings. The number of ether oxygens (including phenoxy) is 4. The first kappa shape index (κ1) is 25.6. The molecule has 176 valence electrons. The molecule has 0 fully saturated rings. The minimum Gasteiger partial charge on any atom is -0.456 e. The third-order valence-electron chi connectivity index (χ3n) is 3.73. The summed E-state index contributed by atoms with van der Waals surface area (Å²) in [5, 5.41) is 0. The van der Waals surface area contributed by atoms with Gasteiger partial charge >= 0.3 is 23.9 Å². The molecule has 0 aliphatic carbocycles. The molecule has 0 unspecified atom stereocenters. The van der Waals surface area contributed by atoms with E-state index in [0.717, 1.165) is 0 Å². The zero-order chi connectivity index (χ0) is 24.8. The van der Waals surface area contributed by atoms with Gasteiger partial charge in [-0.3, -0.25) is 9.59 Å². The van der Waals surface area contributed by atoms with E-state index < -0.39 is 41.5 Å². The number of benzene rings is 2. The van der Waals surface area contributed by atoms with Crippen LogP contribution in [0.1, 0.15) is 68.7 Å². The number of hydrogen-bond acceptors (Lipinski definition) is 8. The Balaban J connectivity index is 1.86. The van der Waals surface area contributed by atoms with E-state index in [1.165, 1.54) is 48.5 Å². The molecule has 0 aliphatic heterocycles. The van der Waals surface area contributed by atoms with Crippen molar-refractivity contribution in [2.24, 2.45) is 0 Å². The smallest absolute Gasteiger partial charge is 0.338 e. The Hall–Kier alpha value is -3.68. The average Bonchev–Trinajstić information content (AvgIpc) is 2.66. The SMILES string of the molecule is CC(C)(C)OC(=O)c1ccc(OC(=O)CC(=O)Oc2ccc(C(=O)OC(C)(C)C)cc2)cc1. The van der Waals surface area contributed by atoms with Gasteiger partial charge in [-0.25, -0.2) is 9.59 Å². The number of hydrogen-bond donors (Lipinski definition) is 0. The van der Waals surface area contributed by atoms with Crippen molar-refractivity contribution in [1.29, 1.82) is 0 Å². The van der Waals surface area contributed by atoms with Crippen molar-refractivity contribution < 1.29 is 38.1 Å². The molecule has 0 N–H and O–H groups in total. The van der Waals surface area contributed by atoms with E-state index >= 15 is 0 Å². The van der Waals surface area contributed by atoms with Gasteiger partial charge in [0, 0.05) is 0 Å². The van der Waals surface area contributed by atoms with Gasteiger partial charge in [0.1, 0.15) is 29.1 Å². The van der Waals surface area contributed by atoms with Gasteiger partial charge in [0.05, 0.1) is 11.1 Å². The molecule has 0 amide bonds. The van der Waals surface area contributed by atoms with Crippen molar-refractivity contribution in [3.05, 3.63) is 59.7 Å². The van der Waals surface area contributed by atoms with Crippen LogP contribution in [0.2, 0.25) is 0 Å². The van der Waals surface area contributed by atoms with Gasteiger partial charge in [-0.2, -0.15) is 0 Å². The summed E-state index contributed by atoms with van der Waals surface area (Å²) in [5.74, 6) is -2.31. The normalized spacial score (nSPS) is 11.3. The van der Waals surface area contributed by atoms with Crippen LogP contribution in [-0.4, -0.2) is 35.1 Å². The molecule has 8 heteroatoms. The van der Waals surface area contributed by atoms with Gasteiger partial charge in [-0.15, -0.1) is 0 Å². The molecule has 0 bridgehead atoms. The van der Waals surface area contributed by atoms with Gasteiger partial charge in [0.25, 0.3) is 0 Å². The Morgan fingerprint density at radius 1 is 0.576 bits per heavy atom. The third-order valence-corrected chi connectivity index (χ3v) is 3.73. The number of rotatable bonds is 6. The number of carbonyl (C=O) groups is 4. The topological polar surface area (TPSA) is 105 Å². The summed E-state index contributed by atoms with van der Waals surface area (Å²) in [7, 11) is 0. The molecule has 33 heavy (non-hydrogen) atoms. The third kappa shape index (κ3) is 9.14. The molecular weight excluding hydrogens is 428 g/mol. The van der Waals surface area contributed by atoms with Crippen LogP contribution in [0.3, 0.4) is 0 Å². The van der Waals surface area contributed by atoms with Crippen LogP contribution in [0.25, 0.3) is 0 Å². The fourth-order valence-electron chi connectivity index (χ4n) is 2.45. The molecule has 2 aromatic carbocycles. The molecule has 2 aromatic rings. The van der Waals surface area contributed by atoms with E-state index in [-0.39, 0.29) is 11.5 Å². The largest absolute Gasteiger partial charge is 0.456 e. The van der Waals surface area contributed by atoms with Gasteiger partial charge in [-0.05, 0) is 90.1 Å². The minimum absolute atomic E-state index is 0.168. The Bertz CT molecular complexity index is 923. The zero-order valence-electron chi connectivity index (χ0n) is 19.6. The monoisotopic (exact) mass is 456 g/mol. The summed E-state index contributed by atoms with van der Waals surface area (Å²) in [5.41, 5.74) is -0.644. The van der Waals surface area contributed by atoms with Gasteiger partial charge < -0.3 is 18.9 Å². The van der Waals surface area contributed by atoms with Crippen molar-refractivity contribution in [3.8, 4) is 11.5 Å². The van der Waals surface area contributed by atoms with Gasteiger partial charge in [0.2, 0.25) is 0 Å². The summed E-state index contributed by atoms with van der Waals surface area (Å²) in [6, 6.07) is 11.6. The summed E-state index contributed by atoms with van der Waals surface area (Å²) in [4.78, 5) is 48.1.